The van der Waals surface area contributed by atoms with Crippen molar-refractivity contribution in [2.24, 2.45) is 11.7 Å². The Labute approximate surface area is 87.7 Å². The number of carboxylic acid groups (broad SMARTS) is 1. The van der Waals surface area contributed by atoms with Crippen LogP contribution >= 0.6 is 0 Å². The number of carboxylic acids is 1. The fourth-order valence-electron chi connectivity index (χ4n) is 1.09. The molecular weight excluding hydrogens is 178 g/mol. The molecule has 1 fully saturated rings. The van der Waals surface area contributed by atoms with E-state index in [2.05, 4.69) is 12.7 Å². The van der Waals surface area contributed by atoms with E-state index in [4.69, 9.17) is 9.90 Å². The van der Waals surface area contributed by atoms with Crippen molar-refractivity contribution in [3.8, 4) is 0 Å². The SMILES string of the molecule is CC(=O)O.CCCCCC1CC1.CN. The molecule has 0 radical (unpaired) electrons. The van der Waals surface area contributed by atoms with E-state index in [0.717, 1.165) is 12.8 Å². The van der Waals surface area contributed by atoms with E-state index in [9.17, 15) is 0 Å². The third-order valence-electron chi connectivity index (χ3n) is 1.91. The van der Waals surface area contributed by atoms with Crippen LogP contribution in [0.1, 0.15) is 52.4 Å². The lowest BCUT2D eigenvalue weighted by Gasteiger charge is -1.92. The molecule has 0 aromatic heterocycles. The molecule has 0 saturated heterocycles. The van der Waals surface area contributed by atoms with Crippen molar-refractivity contribution >= 4 is 5.97 Å². The summed E-state index contributed by atoms with van der Waals surface area (Å²) in [5.74, 6) is 0.321. The van der Waals surface area contributed by atoms with Gasteiger partial charge in [0.2, 0.25) is 0 Å². The Kier molecular flexibility index (Phi) is 14.1. The van der Waals surface area contributed by atoms with E-state index < -0.39 is 5.97 Å². The molecule has 3 N–H and O–H groups in total. The second-order valence-corrected chi connectivity index (χ2v) is 3.46. The van der Waals surface area contributed by atoms with Gasteiger partial charge in [0, 0.05) is 6.92 Å². The van der Waals surface area contributed by atoms with Crippen LogP contribution in [0.5, 0.6) is 0 Å². The molecule has 0 unspecified atom stereocenters. The summed E-state index contributed by atoms with van der Waals surface area (Å²) in [4.78, 5) is 9.00. The van der Waals surface area contributed by atoms with Crippen LogP contribution in [-0.2, 0) is 4.79 Å². The Balaban J connectivity index is 0. The van der Waals surface area contributed by atoms with E-state index in [-0.39, 0.29) is 0 Å². The molecule has 1 aliphatic carbocycles. The lowest BCUT2D eigenvalue weighted by atomic mass is 10.1. The number of aliphatic carboxylic acids is 1. The fourth-order valence-corrected chi connectivity index (χ4v) is 1.09. The highest BCUT2D eigenvalue weighted by Gasteiger charge is 2.19. The van der Waals surface area contributed by atoms with Gasteiger partial charge in [0.25, 0.3) is 5.97 Å². The molecule has 3 heteroatoms. The first-order valence-electron chi connectivity index (χ1n) is 5.44. The minimum absolute atomic E-state index is 0.833. The summed E-state index contributed by atoms with van der Waals surface area (Å²) in [6.45, 7) is 3.35. The summed E-state index contributed by atoms with van der Waals surface area (Å²) in [5, 5.41) is 7.42. The predicted molar refractivity (Wildman–Crippen MR) is 60.3 cm³/mol. The summed E-state index contributed by atoms with van der Waals surface area (Å²) >= 11 is 0. The van der Waals surface area contributed by atoms with Crippen molar-refractivity contribution in [3.05, 3.63) is 0 Å². The van der Waals surface area contributed by atoms with E-state index in [1.165, 1.54) is 45.6 Å². The average Bonchev–Trinajstić information content (AvgIpc) is 2.91. The molecule has 1 saturated carbocycles. The molecular formula is C11H25NO2. The maximum absolute atomic E-state index is 9.00. The minimum Gasteiger partial charge on any atom is -0.481 e. The Morgan fingerprint density at radius 3 is 2.07 bits per heavy atom. The zero-order valence-corrected chi connectivity index (χ0v) is 9.75. The molecule has 0 heterocycles. The molecule has 0 bridgehead atoms. The van der Waals surface area contributed by atoms with Crippen LogP contribution in [0.2, 0.25) is 0 Å². The number of nitrogens with two attached hydrogens (primary N) is 1. The molecule has 14 heavy (non-hydrogen) atoms. The second kappa shape index (κ2) is 12.4. The largest absolute Gasteiger partial charge is 0.481 e. The zero-order chi connectivity index (χ0) is 11.4. The first-order chi connectivity index (χ1) is 6.66. The topological polar surface area (TPSA) is 63.3 Å². The van der Waals surface area contributed by atoms with Gasteiger partial charge in [-0.2, -0.15) is 0 Å². The van der Waals surface area contributed by atoms with Crippen molar-refractivity contribution in [2.75, 3.05) is 7.05 Å². The highest BCUT2D eigenvalue weighted by atomic mass is 16.4. The third-order valence-corrected chi connectivity index (χ3v) is 1.91. The van der Waals surface area contributed by atoms with Gasteiger partial charge in [0.05, 0.1) is 0 Å². The molecule has 0 spiro atoms. The van der Waals surface area contributed by atoms with Crippen LogP contribution in [0.15, 0.2) is 0 Å². The smallest absolute Gasteiger partial charge is 0.300 e. The van der Waals surface area contributed by atoms with E-state index in [1.807, 2.05) is 0 Å². The first kappa shape index (κ1) is 15.9. The van der Waals surface area contributed by atoms with Crippen molar-refractivity contribution < 1.29 is 9.90 Å². The normalized spacial score (nSPS) is 13.1. The zero-order valence-electron chi connectivity index (χ0n) is 9.75. The van der Waals surface area contributed by atoms with Crippen LogP contribution < -0.4 is 5.73 Å². The lowest BCUT2D eigenvalue weighted by molar-refractivity contribution is -0.134. The summed E-state index contributed by atoms with van der Waals surface area (Å²) < 4.78 is 0. The van der Waals surface area contributed by atoms with Crippen LogP contribution in [0.25, 0.3) is 0 Å². The van der Waals surface area contributed by atoms with Crippen molar-refractivity contribution in [1.82, 2.24) is 0 Å². The van der Waals surface area contributed by atoms with Gasteiger partial charge in [0.15, 0.2) is 0 Å². The highest BCUT2D eigenvalue weighted by molar-refractivity contribution is 5.62. The summed E-state index contributed by atoms with van der Waals surface area (Å²) in [5.41, 5.74) is 4.50. The average molecular weight is 203 g/mol. The Bertz CT molecular complexity index is 118. The highest BCUT2D eigenvalue weighted by Crippen LogP contribution is 2.33. The summed E-state index contributed by atoms with van der Waals surface area (Å²) in [6.07, 6.45) is 8.91. The quantitative estimate of drug-likeness (QED) is 0.690. The number of hydrogen-bond donors (Lipinski definition) is 2. The monoisotopic (exact) mass is 203 g/mol. The van der Waals surface area contributed by atoms with Crippen LogP contribution in [-0.4, -0.2) is 18.1 Å². The summed E-state index contributed by atoms with van der Waals surface area (Å²) in [6, 6.07) is 0. The fraction of sp³-hybridized carbons (Fsp3) is 0.909. The lowest BCUT2D eigenvalue weighted by Crippen LogP contribution is -1.78. The number of unbranched alkanes of at least 4 members (excludes halogenated alkanes) is 2. The maximum atomic E-state index is 9.00. The molecule has 1 rings (SSSR count). The Hall–Kier alpha value is -0.570. The third kappa shape index (κ3) is 22.5. The standard InChI is InChI=1S/C8H16.C2H4O2.CH5N/c1-2-3-4-5-8-6-7-8;1-2(3)4;1-2/h8H,2-7H2,1H3;1H3,(H,3,4);2H2,1H3. The van der Waals surface area contributed by atoms with E-state index in [1.54, 1.807) is 0 Å². The molecule has 0 aromatic carbocycles. The van der Waals surface area contributed by atoms with Crippen LogP contribution in [0.3, 0.4) is 0 Å². The molecule has 0 atom stereocenters. The van der Waals surface area contributed by atoms with Gasteiger partial charge in [0.1, 0.15) is 0 Å². The predicted octanol–water partition coefficient (Wildman–Crippen LogP) is 2.64. The number of carbonyl (C=O) groups is 1. The first-order valence-corrected chi connectivity index (χ1v) is 5.44. The molecule has 3 nitrogen and oxygen atoms in total. The summed E-state index contributed by atoms with van der Waals surface area (Å²) in [7, 11) is 1.50. The van der Waals surface area contributed by atoms with Gasteiger partial charge >= 0.3 is 0 Å². The van der Waals surface area contributed by atoms with Crippen molar-refractivity contribution in [3.63, 3.8) is 0 Å². The van der Waals surface area contributed by atoms with Crippen LogP contribution in [0, 0.1) is 5.92 Å². The molecule has 86 valence electrons. The Morgan fingerprint density at radius 2 is 1.79 bits per heavy atom. The van der Waals surface area contributed by atoms with E-state index in [0.29, 0.717) is 0 Å². The van der Waals surface area contributed by atoms with Gasteiger partial charge in [-0.05, 0) is 13.0 Å². The Morgan fingerprint density at radius 1 is 1.36 bits per heavy atom. The number of rotatable bonds is 4. The van der Waals surface area contributed by atoms with Crippen molar-refractivity contribution in [1.29, 1.82) is 0 Å². The minimum atomic E-state index is -0.833. The molecule has 0 aliphatic heterocycles. The van der Waals surface area contributed by atoms with Gasteiger partial charge in [-0.25, -0.2) is 0 Å². The van der Waals surface area contributed by atoms with Gasteiger partial charge in [-0.1, -0.05) is 45.4 Å². The van der Waals surface area contributed by atoms with Gasteiger partial charge < -0.3 is 10.8 Å². The van der Waals surface area contributed by atoms with Gasteiger partial charge in [-0.15, -0.1) is 0 Å². The second-order valence-electron chi connectivity index (χ2n) is 3.46. The van der Waals surface area contributed by atoms with Crippen LogP contribution in [0.4, 0.5) is 0 Å². The van der Waals surface area contributed by atoms with Crippen molar-refractivity contribution in [2.45, 2.75) is 52.4 Å². The molecule has 1 aliphatic rings. The number of hydrogen-bond acceptors (Lipinski definition) is 2. The van der Waals surface area contributed by atoms with E-state index >= 15 is 0 Å². The maximum Gasteiger partial charge on any atom is 0.300 e. The molecule has 0 aromatic rings. The van der Waals surface area contributed by atoms with Gasteiger partial charge in [-0.3, -0.25) is 4.79 Å². The molecule has 0 amide bonds.